The molecule has 0 bridgehead atoms. The van der Waals surface area contributed by atoms with Crippen LogP contribution < -0.4 is 5.73 Å². The summed E-state index contributed by atoms with van der Waals surface area (Å²) in [7, 11) is 0. The molecule has 0 aliphatic heterocycles. The van der Waals surface area contributed by atoms with Crippen molar-refractivity contribution >= 4 is 22.0 Å². The number of anilines is 1. The average Bonchev–Trinajstić information content (AvgIpc) is 2.86. The molecule has 0 saturated carbocycles. The number of benzene rings is 1. The van der Waals surface area contributed by atoms with Crippen LogP contribution in [-0.4, -0.2) is 19.8 Å². The van der Waals surface area contributed by atoms with Crippen molar-refractivity contribution in [3.63, 3.8) is 0 Å². The van der Waals surface area contributed by atoms with Crippen LogP contribution in [0.4, 0.5) is 5.69 Å². The van der Waals surface area contributed by atoms with Gasteiger partial charge in [-0.15, -0.1) is 10.2 Å². The summed E-state index contributed by atoms with van der Waals surface area (Å²) in [4.78, 5) is 0.840. The predicted molar refractivity (Wildman–Crippen MR) is 66.9 cm³/mol. The minimum Gasteiger partial charge on any atom is -0.399 e. The van der Waals surface area contributed by atoms with E-state index < -0.39 is 0 Å². The van der Waals surface area contributed by atoms with Gasteiger partial charge in [-0.1, -0.05) is 23.5 Å². The zero-order chi connectivity index (χ0) is 11.7. The molecule has 0 aliphatic carbocycles. The first-order valence-corrected chi connectivity index (χ1v) is 6.13. The normalized spacial score (nSPS) is 11.1. The zero-order valence-electron chi connectivity index (χ0n) is 9.08. The number of hydrogen-bond donors (Lipinski definition) is 1. The molecular weight excluding hydrogens is 234 g/mol. The third-order valence-electron chi connectivity index (χ3n) is 2.51. The van der Waals surface area contributed by atoms with Crippen LogP contribution in [0.3, 0.4) is 0 Å². The molecule has 86 valence electrons. The summed E-state index contributed by atoms with van der Waals surface area (Å²) in [5, 5.41) is 13.2. The van der Waals surface area contributed by atoms with Gasteiger partial charge in [0.25, 0.3) is 0 Å². The number of fused-ring (bicyclic) bond motifs is 1. The number of rotatable bonds is 3. The van der Waals surface area contributed by atoms with Crippen LogP contribution in [0.5, 0.6) is 0 Å². The highest BCUT2D eigenvalue weighted by molar-refractivity contribution is 7.16. The molecule has 2 N–H and O–H groups in total. The number of nitrogens with two attached hydrogens (primary N) is 1. The van der Waals surface area contributed by atoms with E-state index in [1.165, 1.54) is 5.56 Å². The van der Waals surface area contributed by atoms with E-state index in [4.69, 9.17) is 5.73 Å². The summed E-state index contributed by atoms with van der Waals surface area (Å²) in [5.74, 6) is 0. The van der Waals surface area contributed by atoms with E-state index >= 15 is 0 Å². The molecule has 0 unspecified atom stereocenters. The SMILES string of the molecule is Nc1cccc(CCc2nn3cnnc3s2)c1. The van der Waals surface area contributed by atoms with Crippen molar-refractivity contribution in [2.75, 3.05) is 5.73 Å². The Morgan fingerprint density at radius 1 is 1.29 bits per heavy atom. The van der Waals surface area contributed by atoms with E-state index in [0.29, 0.717) is 0 Å². The van der Waals surface area contributed by atoms with Gasteiger partial charge >= 0.3 is 0 Å². The van der Waals surface area contributed by atoms with E-state index in [-0.39, 0.29) is 0 Å². The summed E-state index contributed by atoms with van der Waals surface area (Å²) in [6.07, 6.45) is 3.46. The summed E-state index contributed by atoms with van der Waals surface area (Å²) in [6.45, 7) is 0. The molecule has 17 heavy (non-hydrogen) atoms. The fourth-order valence-corrected chi connectivity index (χ4v) is 2.52. The molecular formula is C11H11N5S. The first kappa shape index (κ1) is 10.2. The lowest BCUT2D eigenvalue weighted by molar-refractivity contribution is 0.860. The minimum absolute atomic E-state index is 0.806. The first-order valence-electron chi connectivity index (χ1n) is 5.31. The number of hydrogen-bond acceptors (Lipinski definition) is 5. The number of aryl methyl sites for hydroxylation is 2. The quantitative estimate of drug-likeness (QED) is 0.711. The van der Waals surface area contributed by atoms with Crippen molar-refractivity contribution in [1.82, 2.24) is 19.8 Å². The summed E-state index contributed by atoms with van der Waals surface area (Å²) in [5.41, 5.74) is 7.78. The summed E-state index contributed by atoms with van der Waals surface area (Å²) < 4.78 is 1.71. The van der Waals surface area contributed by atoms with Gasteiger partial charge in [0.1, 0.15) is 11.3 Å². The maximum atomic E-state index is 5.74. The van der Waals surface area contributed by atoms with Crippen LogP contribution in [0.15, 0.2) is 30.6 Å². The van der Waals surface area contributed by atoms with Gasteiger partial charge in [-0.05, 0) is 24.1 Å². The lowest BCUT2D eigenvalue weighted by Crippen LogP contribution is -1.93. The Bertz CT molecular complexity index is 613. The Morgan fingerprint density at radius 3 is 3.06 bits per heavy atom. The average molecular weight is 245 g/mol. The Labute approximate surface area is 102 Å². The van der Waals surface area contributed by atoms with Crippen molar-refractivity contribution in [2.45, 2.75) is 12.8 Å². The number of nitrogens with zero attached hydrogens (tertiary/aromatic N) is 4. The molecule has 2 heterocycles. The van der Waals surface area contributed by atoms with Crippen LogP contribution in [0.2, 0.25) is 0 Å². The molecule has 0 radical (unpaired) electrons. The van der Waals surface area contributed by atoms with Gasteiger partial charge in [0.05, 0.1) is 0 Å². The smallest absolute Gasteiger partial charge is 0.234 e. The van der Waals surface area contributed by atoms with Crippen molar-refractivity contribution in [3.05, 3.63) is 41.2 Å². The van der Waals surface area contributed by atoms with E-state index in [2.05, 4.69) is 21.4 Å². The predicted octanol–water partition coefficient (Wildman–Crippen LogP) is 1.55. The summed E-state index contributed by atoms with van der Waals surface area (Å²) >= 11 is 1.57. The fourth-order valence-electron chi connectivity index (χ4n) is 1.70. The number of nitrogen functional groups attached to an aromatic ring is 1. The second-order valence-electron chi connectivity index (χ2n) is 3.80. The molecule has 6 heteroatoms. The van der Waals surface area contributed by atoms with E-state index in [1.54, 1.807) is 22.2 Å². The molecule has 2 aromatic heterocycles. The van der Waals surface area contributed by atoms with E-state index in [0.717, 1.165) is 28.5 Å². The molecule has 3 aromatic rings. The molecule has 5 nitrogen and oxygen atoms in total. The van der Waals surface area contributed by atoms with Gasteiger partial charge in [0.2, 0.25) is 4.96 Å². The summed E-state index contributed by atoms with van der Waals surface area (Å²) in [6, 6.07) is 7.95. The van der Waals surface area contributed by atoms with Crippen LogP contribution >= 0.6 is 11.3 Å². The Kier molecular flexibility index (Phi) is 2.49. The van der Waals surface area contributed by atoms with Gasteiger partial charge in [-0.2, -0.15) is 9.61 Å². The fraction of sp³-hybridized carbons (Fsp3) is 0.182. The van der Waals surface area contributed by atoms with Crippen LogP contribution in [0, 0.1) is 0 Å². The van der Waals surface area contributed by atoms with Crippen LogP contribution in [-0.2, 0) is 12.8 Å². The molecule has 0 saturated heterocycles. The van der Waals surface area contributed by atoms with Crippen LogP contribution in [0.1, 0.15) is 10.6 Å². The van der Waals surface area contributed by atoms with Gasteiger partial charge in [-0.25, -0.2) is 0 Å². The lowest BCUT2D eigenvalue weighted by Gasteiger charge is -1.99. The maximum Gasteiger partial charge on any atom is 0.234 e. The molecule has 1 aromatic carbocycles. The van der Waals surface area contributed by atoms with Crippen LogP contribution in [0.25, 0.3) is 4.96 Å². The van der Waals surface area contributed by atoms with Crippen molar-refractivity contribution in [3.8, 4) is 0 Å². The highest BCUT2D eigenvalue weighted by atomic mass is 32.1. The van der Waals surface area contributed by atoms with Crippen molar-refractivity contribution in [1.29, 1.82) is 0 Å². The molecule has 0 spiro atoms. The highest BCUT2D eigenvalue weighted by Crippen LogP contribution is 2.15. The third-order valence-corrected chi connectivity index (χ3v) is 3.48. The van der Waals surface area contributed by atoms with Gasteiger partial charge in [-0.3, -0.25) is 0 Å². The third kappa shape index (κ3) is 2.12. The van der Waals surface area contributed by atoms with Gasteiger partial charge in [0, 0.05) is 12.1 Å². The van der Waals surface area contributed by atoms with E-state index in [9.17, 15) is 0 Å². The lowest BCUT2D eigenvalue weighted by atomic mass is 10.1. The van der Waals surface area contributed by atoms with Crippen molar-refractivity contribution < 1.29 is 0 Å². The largest absolute Gasteiger partial charge is 0.399 e. The standard InChI is InChI=1S/C11H11N5S/c12-9-3-1-2-8(6-9)4-5-10-15-16-7-13-14-11(16)17-10/h1-3,6-7H,4-5,12H2. The Hall–Kier alpha value is -1.95. The minimum atomic E-state index is 0.806. The molecule has 0 atom stereocenters. The van der Waals surface area contributed by atoms with E-state index in [1.807, 2.05) is 18.2 Å². The van der Waals surface area contributed by atoms with Gasteiger partial charge in [0.15, 0.2) is 0 Å². The Balaban J connectivity index is 1.74. The maximum absolute atomic E-state index is 5.74. The van der Waals surface area contributed by atoms with Gasteiger partial charge < -0.3 is 5.73 Å². The first-order chi connectivity index (χ1) is 8.31. The monoisotopic (exact) mass is 245 g/mol. The molecule has 3 rings (SSSR count). The molecule has 0 amide bonds. The second-order valence-corrected chi connectivity index (χ2v) is 4.84. The Morgan fingerprint density at radius 2 is 2.24 bits per heavy atom. The molecule has 0 aliphatic rings. The number of aromatic nitrogens is 4. The van der Waals surface area contributed by atoms with Crippen molar-refractivity contribution in [2.24, 2.45) is 0 Å². The highest BCUT2D eigenvalue weighted by Gasteiger charge is 2.05. The zero-order valence-corrected chi connectivity index (χ0v) is 9.89. The molecule has 0 fully saturated rings. The topological polar surface area (TPSA) is 69.1 Å². The second kappa shape index (κ2) is 4.14.